The molecule has 92 valence electrons. The molecule has 3 nitrogen and oxygen atoms in total. The average Bonchev–Trinajstić information content (AvgIpc) is 2.44. The number of amides is 1. The second-order valence-corrected chi connectivity index (χ2v) is 5.81. The van der Waals surface area contributed by atoms with Crippen LogP contribution in [0.25, 0.3) is 0 Å². The van der Waals surface area contributed by atoms with Crippen molar-refractivity contribution < 1.29 is 4.79 Å². The van der Waals surface area contributed by atoms with E-state index in [2.05, 4.69) is 31.0 Å². The predicted octanol–water partition coefficient (Wildman–Crippen LogP) is 2.12. The Labute approximate surface area is 98.6 Å². The molecule has 1 aliphatic heterocycles. The summed E-state index contributed by atoms with van der Waals surface area (Å²) < 4.78 is 0. The van der Waals surface area contributed by atoms with Gasteiger partial charge in [-0.25, -0.2) is 0 Å². The van der Waals surface area contributed by atoms with E-state index in [-0.39, 0.29) is 12.2 Å². The fraction of sp³-hybridized carbons (Fsp3) is 0.923. The van der Waals surface area contributed by atoms with Crippen molar-refractivity contribution in [3.05, 3.63) is 0 Å². The highest BCUT2D eigenvalue weighted by molar-refractivity contribution is 5.84. The molecule has 2 rings (SSSR count). The largest absolute Gasteiger partial charge is 0.326 e. The van der Waals surface area contributed by atoms with Crippen LogP contribution in [-0.2, 0) is 4.79 Å². The summed E-state index contributed by atoms with van der Waals surface area (Å²) in [6.07, 6.45) is 6.15. The third kappa shape index (κ3) is 2.10. The Morgan fingerprint density at radius 1 is 1.50 bits per heavy atom. The van der Waals surface area contributed by atoms with Gasteiger partial charge in [-0.1, -0.05) is 26.7 Å². The van der Waals surface area contributed by atoms with E-state index in [0.717, 1.165) is 19.4 Å². The van der Waals surface area contributed by atoms with Crippen LogP contribution >= 0.6 is 0 Å². The summed E-state index contributed by atoms with van der Waals surface area (Å²) in [7, 11) is 0. The van der Waals surface area contributed by atoms with Gasteiger partial charge in [-0.05, 0) is 31.6 Å². The van der Waals surface area contributed by atoms with Gasteiger partial charge in [-0.2, -0.15) is 0 Å². The third-order valence-electron chi connectivity index (χ3n) is 4.18. The highest BCUT2D eigenvalue weighted by Gasteiger charge is 2.41. The molecular formula is C13H24N2O. The molecule has 0 aromatic rings. The fourth-order valence-electron chi connectivity index (χ4n) is 2.90. The van der Waals surface area contributed by atoms with Gasteiger partial charge in [0.25, 0.3) is 0 Å². The zero-order chi connectivity index (χ0) is 11.8. The number of hydrogen-bond acceptors (Lipinski definition) is 2. The van der Waals surface area contributed by atoms with Gasteiger partial charge in [0.15, 0.2) is 0 Å². The number of rotatable bonds is 4. The van der Waals surface area contributed by atoms with Crippen molar-refractivity contribution in [2.24, 2.45) is 5.41 Å². The van der Waals surface area contributed by atoms with E-state index in [1.807, 2.05) is 0 Å². The van der Waals surface area contributed by atoms with Gasteiger partial charge < -0.3 is 4.90 Å². The summed E-state index contributed by atoms with van der Waals surface area (Å²) in [5, 5.41) is 3.40. The molecule has 3 heteroatoms. The van der Waals surface area contributed by atoms with E-state index in [1.54, 1.807) is 0 Å². The number of carbonyl (C=O) groups is 1. The molecule has 2 fully saturated rings. The van der Waals surface area contributed by atoms with E-state index < -0.39 is 0 Å². The molecule has 1 N–H and O–H groups in total. The molecule has 1 saturated carbocycles. The second-order valence-electron chi connectivity index (χ2n) is 5.81. The lowest BCUT2D eigenvalue weighted by Crippen LogP contribution is -2.45. The lowest BCUT2D eigenvalue weighted by atomic mass is 9.70. The van der Waals surface area contributed by atoms with Crippen molar-refractivity contribution >= 4 is 5.91 Å². The summed E-state index contributed by atoms with van der Waals surface area (Å²) in [5.41, 5.74) is 0.396. The van der Waals surface area contributed by atoms with Crippen LogP contribution in [-0.4, -0.2) is 29.6 Å². The average molecular weight is 224 g/mol. The topological polar surface area (TPSA) is 32.3 Å². The second kappa shape index (κ2) is 4.36. The molecule has 0 aromatic carbocycles. The summed E-state index contributed by atoms with van der Waals surface area (Å²) in [4.78, 5) is 14.2. The quantitative estimate of drug-likeness (QED) is 0.793. The van der Waals surface area contributed by atoms with Crippen LogP contribution < -0.4 is 5.32 Å². The minimum absolute atomic E-state index is 0.0728. The first-order chi connectivity index (χ1) is 7.56. The maximum atomic E-state index is 12.2. The molecule has 2 unspecified atom stereocenters. The van der Waals surface area contributed by atoms with Crippen molar-refractivity contribution in [3.63, 3.8) is 0 Å². The molecule has 0 bridgehead atoms. The van der Waals surface area contributed by atoms with Crippen LogP contribution in [0.1, 0.15) is 52.9 Å². The molecule has 1 aliphatic carbocycles. The van der Waals surface area contributed by atoms with Gasteiger partial charge in [-0.15, -0.1) is 0 Å². The van der Waals surface area contributed by atoms with E-state index >= 15 is 0 Å². The molecule has 1 heterocycles. The van der Waals surface area contributed by atoms with E-state index in [4.69, 9.17) is 0 Å². The minimum Gasteiger partial charge on any atom is -0.326 e. The zero-order valence-corrected chi connectivity index (χ0v) is 10.8. The molecule has 2 aliphatic rings. The van der Waals surface area contributed by atoms with Crippen LogP contribution in [0.4, 0.5) is 0 Å². The maximum absolute atomic E-state index is 12.2. The van der Waals surface area contributed by atoms with Crippen molar-refractivity contribution in [1.29, 1.82) is 0 Å². The summed E-state index contributed by atoms with van der Waals surface area (Å²) in [6.45, 7) is 7.50. The van der Waals surface area contributed by atoms with Crippen LogP contribution in [0.15, 0.2) is 0 Å². The van der Waals surface area contributed by atoms with Gasteiger partial charge in [-0.3, -0.25) is 10.1 Å². The zero-order valence-electron chi connectivity index (χ0n) is 10.8. The van der Waals surface area contributed by atoms with Gasteiger partial charge in [0.2, 0.25) is 5.91 Å². The van der Waals surface area contributed by atoms with Crippen LogP contribution in [0, 0.1) is 5.41 Å². The molecule has 16 heavy (non-hydrogen) atoms. The van der Waals surface area contributed by atoms with Gasteiger partial charge in [0, 0.05) is 6.54 Å². The first kappa shape index (κ1) is 11.9. The van der Waals surface area contributed by atoms with Gasteiger partial charge in [0.05, 0.1) is 12.2 Å². The van der Waals surface area contributed by atoms with Crippen molar-refractivity contribution in [2.45, 2.75) is 65.1 Å². The number of carbonyl (C=O) groups excluding carboxylic acids is 1. The van der Waals surface area contributed by atoms with E-state index in [9.17, 15) is 4.79 Å². The Kier molecular flexibility index (Phi) is 3.24. The molecular weight excluding hydrogens is 200 g/mol. The highest BCUT2D eigenvalue weighted by Crippen LogP contribution is 2.41. The standard InChI is InChI=1S/C13H24N2O/c1-4-6-11-12(16)15(10(2)14-11)9-13(3)7-5-8-13/h10-11,14H,4-9H2,1-3H3. The Balaban J connectivity index is 1.96. The molecule has 0 aromatic heterocycles. The van der Waals surface area contributed by atoms with Crippen molar-refractivity contribution in [2.75, 3.05) is 6.54 Å². The summed E-state index contributed by atoms with van der Waals surface area (Å²) in [6, 6.07) is 0.0728. The highest BCUT2D eigenvalue weighted by atomic mass is 16.2. The van der Waals surface area contributed by atoms with E-state index in [1.165, 1.54) is 19.3 Å². The van der Waals surface area contributed by atoms with Crippen LogP contribution in [0.5, 0.6) is 0 Å². The SMILES string of the molecule is CCCC1NC(C)N(CC2(C)CCC2)C1=O. The lowest BCUT2D eigenvalue weighted by Gasteiger charge is -2.42. The first-order valence-electron chi connectivity index (χ1n) is 6.62. The lowest BCUT2D eigenvalue weighted by molar-refractivity contribution is -0.132. The number of nitrogens with one attached hydrogen (secondary N) is 1. The molecule has 1 saturated heterocycles. The summed E-state index contributed by atoms with van der Waals surface area (Å²) >= 11 is 0. The maximum Gasteiger partial charge on any atom is 0.241 e. The minimum atomic E-state index is 0.0728. The fourth-order valence-corrected chi connectivity index (χ4v) is 2.90. The van der Waals surface area contributed by atoms with Crippen molar-refractivity contribution in [3.8, 4) is 0 Å². The Hall–Kier alpha value is -0.570. The van der Waals surface area contributed by atoms with E-state index in [0.29, 0.717) is 11.3 Å². The normalized spacial score (nSPS) is 32.9. The van der Waals surface area contributed by atoms with Crippen molar-refractivity contribution in [1.82, 2.24) is 10.2 Å². The smallest absolute Gasteiger partial charge is 0.241 e. The van der Waals surface area contributed by atoms with Gasteiger partial charge in [0.1, 0.15) is 0 Å². The third-order valence-corrected chi connectivity index (χ3v) is 4.18. The van der Waals surface area contributed by atoms with Crippen LogP contribution in [0.3, 0.4) is 0 Å². The molecule has 2 atom stereocenters. The van der Waals surface area contributed by atoms with Gasteiger partial charge >= 0.3 is 0 Å². The Bertz CT molecular complexity index is 273. The van der Waals surface area contributed by atoms with Crippen LogP contribution in [0.2, 0.25) is 0 Å². The predicted molar refractivity (Wildman–Crippen MR) is 65.0 cm³/mol. The molecule has 0 spiro atoms. The summed E-state index contributed by atoms with van der Waals surface area (Å²) in [5.74, 6) is 0.322. The first-order valence-corrected chi connectivity index (χ1v) is 6.62. The number of hydrogen-bond donors (Lipinski definition) is 1. The monoisotopic (exact) mass is 224 g/mol. The molecule has 1 amide bonds. The molecule has 0 radical (unpaired) electrons. The Morgan fingerprint density at radius 3 is 2.69 bits per heavy atom. The number of nitrogens with zero attached hydrogens (tertiary/aromatic N) is 1. The Morgan fingerprint density at radius 2 is 2.19 bits per heavy atom.